The summed E-state index contributed by atoms with van der Waals surface area (Å²) in [6.45, 7) is 0.425. The number of pyridine rings is 2. The van der Waals surface area contributed by atoms with Crippen LogP contribution in [-0.2, 0) is 6.54 Å². The fraction of sp³-hybridized carbons (Fsp3) is 0.0455. The van der Waals surface area contributed by atoms with E-state index >= 15 is 0 Å². The lowest BCUT2D eigenvalue weighted by atomic mass is 10.0. The number of para-hydroxylation sites is 1. The molecule has 0 unspecified atom stereocenters. The lowest BCUT2D eigenvalue weighted by Gasteiger charge is -2.11. The molecule has 2 aromatic heterocycles. The first-order chi connectivity index (χ1) is 13.2. The first-order valence-corrected chi connectivity index (χ1v) is 8.91. The molecule has 0 atom stereocenters. The molecule has 0 saturated heterocycles. The van der Waals surface area contributed by atoms with Gasteiger partial charge in [0.25, 0.3) is 5.91 Å². The molecule has 0 fully saturated rings. The summed E-state index contributed by atoms with van der Waals surface area (Å²) in [6.07, 6.45) is 3.46. The molecule has 1 N–H and O–H groups in total. The molecule has 4 aromatic rings. The molecule has 0 bridgehead atoms. The van der Waals surface area contributed by atoms with Gasteiger partial charge >= 0.3 is 0 Å². The third kappa shape index (κ3) is 3.81. The van der Waals surface area contributed by atoms with Crippen molar-refractivity contribution in [2.75, 3.05) is 0 Å². The van der Waals surface area contributed by atoms with Crippen LogP contribution in [-0.4, -0.2) is 15.9 Å². The summed E-state index contributed by atoms with van der Waals surface area (Å²) in [4.78, 5) is 21.7. The molecule has 0 radical (unpaired) electrons. The first kappa shape index (κ1) is 17.2. The number of benzene rings is 2. The maximum atomic E-state index is 12.9. The minimum atomic E-state index is -0.145. The summed E-state index contributed by atoms with van der Waals surface area (Å²) < 4.78 is 0. The summed E-state index contributed by atoms with van der Waals surface area (Å²) in [5.74, 6) is -0.145. The normalized spacial score (nSPS) is 10.7. The van der Waals surface area contributed by atoms with E-state index in [2.05, 4.69) is 15.3 Å². The molecular formula is C22H16ClN3O. The van der Waals surface area contributed by atoms with E-state index in [-0.39, 0.29) is 5.91 Å². The van der Waals surface area contributed by atoms with E-state index < -0.39 is 0 Å². The van der Waals surface area contributed by atoms with E-state index in [9.17, 15) is 4.79 Å². The monoisotopic (exact) mass is 373 g/mol. The van der Waals surface area contributed by atoms with Crippen molar-refractivity contribution in [3.05, 3.63) is 95.3 Å². The fourth-order valence-corrected chi connectivity index (χ4v) is 3.03. The van der Waals surface area contributed by atoms with Crippen molar-refractivity contribution in [1.82, 2.24) is 15.3 Å². The summed E-state index contributed by atoms with van der Waals surface area (Å²) in [6, 6.07) is 20.7. The van der Waals surface area contributed by atoms with Gasteiger partial charge in [-0.25, -0.2) is 4.98 Å². The minimum absolute atomic E-state index is 0.145. The zero-order chi connectivity index (χ0) is 18.6. The molecule has 1 amide bonds. The highest BCUT2D eigenvalue weighted by Gasteiger charge is 2.14. The molecule has 2 aromatic carbocycles. The van der Waals surface area contributed by atoms with Gasteiger partial charge in [0.2, 0.25) is 0 Å². The highest BCUT2D eigenvalue weighted by Crippen LogP contribution is 2.24. The predicted octanol–water partition coefficient (Wildman–Crippen LogP) is 4.88. The van der Waals surface area contributed by atoms with Crippen molar-refractivity contribution in [3.63, 3.8) is 0 Å². The van der Waals surface area contributed by atoms with Crippen LogP contribution < -0.4 is 5.32 Å². The molecule has 0 aliphatic rings. The summed E-state index contributed by atoms with van der Waals surface area (Å²) in [7, 11) is 0. The number of carbonyl (C=O) groups excluding carboxylic acids is 1. The quantitative estimate of drug-likeness (QED) is 0.554. The summed E-state index contributed by atoms with van der Waals surface area (Å²) in [5, 5.41) is 4.47. The minimum Gasteiger partial charge on any atom is -0.348 e. The molecule has 2 heterocycles. The third-order valence-corrected chi connectivity index (χ3v) is 4.54. The number of fused-ring (bicyclic) bond motifs is 1. The Balaban J connectivity index is 1.69. The van der Waals surface area contributed by atoms with Gasteiger partial charge < -0.3 is 5.32 Å². The number of nitrogens with zero attached hydrogens (tertiary/aromatic N) is 2. The average Bonchev–Trinajstić information content (AvgIpc) is 2.73. The molecule has 132 valence electrons. The zero-order valence-corrected chi connectivity index (χ0v) is 15.1. The van der Waals surface area contributed by atoms with Gasteiger partial charge in [-0.05, 0) is 42.0 Å². The smallest absolute Gasteiger partial charge is 0.252 e. The van der Waals surface area contributed by atoms with E-state index in [0.29, 0.717) is 17.1 Å². The second-order valence-electron chi connectivity index (χ2n) is 6.12. The molecular weight excluding hydrogens is 358 g/mol. The Kier molecular flexibility index (Phi) is 4.81. The third-order valence-electron chi connectivity index (χ3n) is 4.28. The van der Waals surface area contributed by atoms with E-state index in [4.69, 9.17) is 11.6 Å². The lowest BCUT2D eigenvalue weighted by molar-refractivity contribution is 0.0952. The number of hydrogen-bond donors (Lipinski definition) is 1. The van der Waals surface area contributed by atoms with Crippen LogP contribution in [0.5, 0.6) is 0 Å². The van der Waals surface area contributed by atoms with Crippen LogP contribution in [0.25, 0.3) is 22.2 Å². The summed E-state index contributed by atoms with van der Waals surface area (Å²) >= 11 is 5.91. The second-order valence-corrected chi connectivity index (χ2v) is 6.56. The first-order valence-electron chi connectivity index (χ1n) is 8.53. The second kappa shape index (κ2) is 7.56. The van der Waals surface area contributed by atoms with Crippen LogP contribution >= 0.6 is 11.6 Å². The molecule has 0 spiro atoms. The van der Waals surface area contributed by atoms with Gasteiger partial charge in [-0.15, -0.1) is 0 Å². The Hall–Kier alpha value is -3.24. The van der Waals surface area contributed by atoms with E-state index in [1.807, 2.05) is 66.7 Å². The number of carbonyl (C=O) groups is 1. The van der Waals surface area contributed by atoms with Crippen molar-refractivity contribution in [2.45, 2.75) is 6.54 Å². The van der Waals surface area contributed by atoms with Crippen molar-refractivity contribution < 1.29 is 4.79 Å². The maximum absolute atomic E-state index is 12.9. The Morgan fingerprint density at radius 2 is 1.81 bits per heavy atom. The lowest BCUT2D eigenvalue weighted by Crippen LogP contribution is -2.23. The van der Waals surface area contributed by atoms with Crippen molar-refractivity contribution in [2.24, 2.45) is 0 Å². The predicted molar refractivity (Wildman–Crippen MR) is 108 cm³/mol. The molecule has 5 heteroatoms. The van der Waals surface area contributed by atoms with Crippen molar-refractivity contribution in [3.8, 4) is 11.3 Å². The zero-order valence-electron chi connectivity index (χ0n) is 14.4. The Morgan fingerprint density at radius 1 is 1.00 bits per heavy atom. The Morgan fingerprint density at radius 3 is 2.59 bits per heavy atom. The van der Waals surface area contributed by atoms with Gasteiger partial charge in [0.1, 0.15) is 0 Å². The van der Waals surface area contributed by atoms with E-state index in [1.165, 1.54) is 0 Å². The number of nitrogens with one attached hydrogen (secondary N) is 1. The van der Waals surface area contributed by atoms with Gasteiger partial charge in [-0.1, -0.05) is 41.9 Å². The van der Waals surface area contributed by atoms with Gasteiger partial charge in [0.05, 0.1) is 16.8 Å². The van der Waals surface area contributed by atoms with Gasteiger partial charge in [-0.2, -0.15) is 0 Å². The molecule has 4 rings (SSSR count). The van der Waals surface area contributed by atoms with Crippen LogP contribution in [0.1, 0.15) is 15.9 Å². The maximum Gasteiger partial charge on any atom is 0.252 e. The molecule has 0 saturated carbocycles. The molecule has 4 nitrogen and oxygen atoms in total. The van der Waals surface area contributed by atoms with Crippen LogP contribution in [0.3, 0.4) is 0 Å². The highest BCUT2D eigenvalue weighted by molar-refractivity contribution is 6.30. The van der Waals surface area contributed by atoms with E-state index in [0.717, 1.165) is 27.7 Å². The largest absolute Gasteiger partial charge is 0.348 e. The average molecular weight is 374 g/mol. The van der Waals surface area contributed by atoms with Crippen LogP contribution in [0.2, 0.25) is 5.02 Å². The Bertz CT molecular complexity index is 1100. The highest BCUT2D eigenvalue weighted by atomic mass is 35.5. The number of amides is 1. The van der Waals surface area contributed by atoms with Gasteiger partial charge in [0, 0.05) is 34.9 Å². The van der Waals surface area contributed by atoms with Crippen molar-refractivity contribution in [1.29, 1.82) is 0 Å². The van der Waals surface area contributed by atoms with Crippen LogP contribution in [0, 0.1) is 0 Å². The van der Waals surface area contributed by atoms with Gasteiger partial charge in [-0.3, -0.25) is 9.78 Å². The van der Waals surface area contributed by atoms with Crippen molar-refractivity contribution >= 4 is 28.4 Å². The van der Waals surface area contributed by atoms with Gasteiger partial charge in [0.15, 0.2) is 0 Å². The SMILES string of the molecule is O=C(NCc1ccc(Cl)cc1)c1cc(-c2cccnc2)nc2ccccc12. The topological polar surface area (TPSA) is 54.9 Å². The number of rotatable bonds is 4. The van der Waals surface area contributed by atoms with Crippen LogP contribution in [0.15, 0.2) is 79.1 Å². The fourth-order valence-electron chi connectivity index (χ4n) is 2.91. The van der Waals surface area contributed by atoms with Crippen LogP contribution in [0.4, 0.5) is 0 Å². The standard InChI is InChI=1S/C22H16ClN3O/c23-17-9-7-15(8-10-17)13-25-22(27)19-12-21(16-4-3-11-24-14-16)26-20-6-2-1-5-18(19)20/h1-12,14H,13H2,(H,25,27). The molecule has 0 aliphatic heterocycles. The number of aromatic nitrogens is 2. The molecule has 27 heavy (non-hydrogen) atoms. The van der Waals surface area contributed by atoms with E-state index in [1.54, 1.807) is 12.4 Å². The Labute approximate surface area is 161 Å². The molecule has 0 aliphatic carbocycles. The summed E-state index contributed by atoms with van der Waals surface area (Å²) in [5.41, 5.74) is 3.94. The number of hydrogen-bond acceptors (Lipinski definition) is 3. The number of halogens is 1.